The summed E-state index contributed by atoms with van der Waals surface area (Å²) in [5, 5.41) is 8.60. The van der Waals surface area contributed by atoms with Crippen LogP contribution in [-0.4, -0.2) is 81.0 Å². The number of piperazine rings is 1. The molecule has 2 saturated heterocycles. The van der Waals surface area contributed by atoms with Crippen molar-refractivity contribution in [2.75, 3.05) is 59.0 Å². The van der Waals surface area contributed by atoms with Crippen molar-refractivity contribution in [1.82, 2.24) is 13.5 Å². The highest BCUT2D eigenvalue weighted by Crippen LogP contribution is 2.13. The summed E-state index contributed by atoms with van der Waals surface area (Å²) in [5.74, 6) is 0. The van der Waals surface area contributed by atoms with Crippen molar-refractivity contribution in [1.29, 1.82) is 5.26 Å². The lowest BCUT2D eigenvalue weighted by molar-refractivity contribution is 0.0687. The maximum Gasteiger partial charge on any atom is 0.282 e. The monoisotopic (exact) mass is 274 g/mol. The fraction of sp³-hybridized carbons (Fsp3) is 0.900. The van der Waals surface area contributed by atoms with Crippen LogP contribution in [0.1, 0.15) is 0 Å². The summed E-state index contributed by atoms with van der Waals surface area (Å²) in [5.41, 5.74) is 0. The highest BCUT2D eigenvalue weighted by Gasteiger charge is 2.32. The standard InChI is InChI=1S/C10H18N4O3S/c11-1-2-12-3-5-13(6-4-12)18(15,16)14-7-9-17-10-8-14/h2-10H2. The van der Waals surface area contributed by atoms with Crippen LogP contribution < -0.4 is 0 Å². The average Bonchev–Trinajstić information content (AvgIpc) is 2.41. The van der Waals surface area contributed by atoms with E-state index in [1.807, 2.05) is 4.90 Å². The average molecular weight is 274 g/mol. The molecule has 102 valence electrons. The van der Waals surface area contributed by atoms with Crippen molar-refractivity contribution in [3.05, 3.63) is 0 Å². The van der Waals surface area contributed by atoms with E-state index in [1.165, 1.54) is 8.61 Å². The molecular weight excluding hydrogens is 256 g/mol. The highest BCUT2D eigenvalue weighted by atomic mass is 32.2. The van der Waals surface area contributed by atoms with Crippen molar-refractivity contribution in [2.24, 2.45) is 0 Å². The Balaban J connectivity index is 1.93. The summed E-state index contributed by atoms with van der Waals surface area (Å²) in [7, 11) is -3.35. The Morgan fingerprint density at radius 1 is 1.00 bits per heavy atom. The van der Waals surface area contributed by atoms with E-state index < -0.39 is 10.2 Å². The van der Waals surface area contributed by atoms with Gasteiger partial charge in [0.2, 0.25) is 0 Å². The molecule has 0 radical (unpaired) electrons. The van der Waals surface area contributed by atoms with Crippen LogP contribution in [-0.2, 0) is 14.9 Å². The summed E-state index contributed by atoms with van der Waals surface area (Å²) >= 11 is 0. The number of rotatable bonds is 3. The molecule has 0 saturated carbocycles. The molecule has 0 spiro atoms. The Hall–Kier alpha value is -0.720. The van der Waals surface area contributed by atoms with Gasteiger partial charge in [0, 0.05) is 39.3 Å². The van der Waals surface area contributed by atoms with E-state index in [2.05, 4.69) is 6.07 Å². The number of nitriles is 1. The summed E-state index contributed by atoms with van der Waals surface area (Å²) in [4.78, 5) is 1.96. The summed E-state index contributed by atoms with van der Waals surface area (Å²) in [6, 6.07) is 2.09. The molecule has 0 aliphatic carbocycles. The predicted octanol–water partition coefficient (Wildman–Crippen LogP) is -1.30. The van der Waals surface area contributed by atoms with Crippen LogP contribution in [0.5, 0.6) is 0 Å². The normalized spacial score (nSPS) is 24.8. The molecule has 0 unspecified atom stereocenters. The number of nitrogens with zero attached hydrogens (tertiary/aromatic N) is 4. The molecule has 0 N–H and O–H groups in total. The van der Waals surface area contributed by atoms with E-state index in [9.17, 15) is 8.42 Å². The number of ether oxygens (including phenoxy) is 1. The zero-order valence-electron chi connectivity index (χ0n) is 10.3. The maximum absolute atomic E-state index is 12.3. The minimum absolute atomic E-state index is 0.367. The fourth-order valence-electron chi connectivity index (χ4n) is 2.16. The van der Waals surface area contributed by atoms with Gasteiger partial charge in [-0.2, -0.15) is 22.3 Å². The van der Waals surface area contributed by atoms with Crippen molar-refractivity contribution in [3.63, 3.8) is 0 Å². The molecule has 2 rings (SSSR count). The second kappa shape index (κ2) is 5.95. The van der Waals surface area contributed by atoms with Gasteiger partial charge in [-0.3, -0.25) is 4.90 Å². The first-order valence-electron chi connectivity index (χ1n) is 6.07. The van der Waals surface area contributed by atoms with Gasteiger partial charge in [-0.1, -0.05) is 0 Å². The lowest BCUT2D eigenvalue weighted by Crippen LogP contribution is -2.54. The Kier molecular flexibility index (Phi) is 4.53. The molecule has 0 aromatic rings. The van der Waals surface area contributed by atoms with E-state index in [-0.39, 0.29) is 0 Å². The van der Waals surface area contributed by atoms with Crippen LogP contribution in [0.4, 0.5) is 0 Å². The molecule has 8 heteroatoms. The van der Waals surface area contributed by atoms with E-state index >= 15 is 0 Å². The fourth-order valence-corrected chi connectivity index (χ4v) is 3.72. The van der Waals surface area contributed by atoms with Crippen molar-refractivity contribution in [2.45, 2.75) is 0 Å². The van der Waals surface area contributed by atoms with Crippen LogP contribution in [0.15, 0.2) is 0 Å². The third kappa shape index (κ3) is 2.99. The van der Waals surface area contributed by atoms with Gasteiger partial charge >= 0.3 is 0 Å². The number of hydrogen-bond acceptors (Lipinski definition) is 5. The van der Waals surface area contributed by atoms with Gasteiger partial charge in [0.25, 0.3) is 10.2 Å². The van der Waals surface area contributed by atoms with Crippen LogP contribution in [0.3, 0.4) is 0 Å². The predicted molar refractivity (Wildman–Crippen MR) is 64.9 cm³/mol. The van der Waals surface area contributed by atoms with Crippen LogP contribution in [0, 0.1) is 11.3 Å². The van der Waals surface area contributed by atoms with E-state index in [0.29, 0.717) is 59.0 Å². The largest absolute Gasteiger partial charge is 0.379 e. The molecule has 2 heterocycles. The molecule has 2 fully saturated rings. The smallest absolute Gasteiger partial charge is 0.282 e. The first-order chi connectivity index (χ1) is 8.64. The van der Waals surface area contributed by atoms with Gasteiger partial charge in [-0.25, -0.2) is 0 Å². The molecule has 7 nitrogen and oxygen atoms in total. The zero-order chi connectivity index (χ0) is 13.0. The Bertz CT molecular complexity index is 405. The third-order valence-electron chi connectivity index (χ3n) is 3.25. The first kappa shape index (κ1) is 13.7. The Morgan fingerprint density at radius 2 is 1.56 bits per heavy atom. The second-order valence-electron chi connectivity index (χ2n) is 4.35. The Labute approximate surface area is 108 Å². The second-order valence-corrected chi connectivity index (χ2v) is 6.28. The molecule has 0 amide bonds. The van der Waals surface area contributed by atoms with E-state index in [0.717, 1.165) is 0 Å². The molecule has 2 aliphatic heterocycles. The summed E-state index contributed by atoms with van der Waals surface area (Å²) in [6.45, 7) is 4.32. The van der Waals surface area contributed by atoms with Crippen molar-refractivity contribution >= 4 is 10.2 Å². The van der Waals surface area contributed by atoms with Gasteiger partial charge in [0.05, 0.1) is 25.8 Å². The molecule has 0 aromatic carbocycles. The van der Waals surface area contributed by atoms with Gasteiger partial charge in [0.15, 0.2) is 0 Å². The molecule has 18 heavy (non-hydrogen) atoms. The van der Waals surface area contributed by atoms with Crippen LogP contribution in [0.2, 0.25) is 0 Å². The lowest BCUT2D eigenvalue weighted by Gasteiger charge is -2.36. The lowest BCUT2D eigenvalue weighted by atomic mass is 10.4. The van der Waals surface area contributed by atoms with Gasteiger partial charge < -0.3 is 4.74 Å². The van der Waals surface area contributed by atoms with Gasteiger partial charge in [0.1, 0.15) is 0 Å². The first-order valence-corrected chi connectivity index (χ1v) is 7.46. The Morgan fingerprint density at radius 3 is 2.11 bits per heavy atom. The minimum Gasteiger partial charge on any atom is -0.379 e. The topological polar surface area (TPSA) is 76.9 Å². The molecular formula is C10H18N4O3S. The van der Waals surface area contributed by atoms with E-state index in [1.54, 1.807) is 0 Å². The molecule has 0 aromatic heterocycles. The minimum atomic E-state index is -3.35. The van der Waals surface area contributed by atoms with Crippen molar-refractivity contribution in [3.8, 4) is 6.07 Å². The molecule has 0 atom stereocenters. The number of morpholine rings is 1. The van der Waals surface area contributed by atoms with Gasteiger partial charge in [-0.15, -0.1) is 0 Å². The maximum atomic E-state index is 12.3. The van der Waals surface area contributed by atoms with Crippen LogP contribution >= 0.6 is 0 Å². The molecule has 0 bridgehead atoms. The summed E-state index contributed by atoms with van der Waals surface area (Å²) < 4.78 is 32.8. The molecule has 2 aliphatic rings. The van der Waals surface area contributed by atoms with Crippen LogP contribution in [0.25, 0.3) is 0 Å². The van der Waals surface area contributed by atoms with Crippen molar-refractivity contribution < 1.29 is 13.2 Å². The highest BCUT2D eigenvalue weighted by molar-refractivity contribution is 7.86. The van der Waals surface area contributed by atoms with Gasteiger partial charge in [-0.05, 0) is 0 Å². The summed E-state index contributed by atoms with van der Waals surface area (Å²) in [6.07, 6.45) is 0. The number of hydrogen-bond donors (Lipinski definition) is 0. The zero-order valence-corrected chi connectivity index (χ0v) is 11.1. The third-order valence-corrected chi connectivity index (χ3v) is 5.28. The quantitative estimate of drug-likeness (QED) is 0.598. The van der Waals surface area contributed by atoms with E-state index in [4.69, 9.17) is 10.00 Å². The SMILES string of the molecule is N#CCN1CCN(S(=O)(=O)N2CCOCC2)CC1.